The zero-order valence-electron chi connectivity index (χ0n) is 12.7. The van der Waals surface area contributed by atoms with Crippen molar-refractivity contribution >= 4 is 0 Å². The first-order chi connectivity index (χ1) is 9.73. The second-order valence-corrected chi connectivity index (χ2v) is 6.96. The Labute approximate surface area is 123 Å². The number of benzene rings is 1. The largest absolute Gasteiger partial charge is 0.329 e. The average molecular weight is 272 g/mol. The van der Waals surface area contributed by atoms with Crippen LogP contribution in [-0.2, 0) is 6.42 Å². The molecule has 110 valence electrons. The zero-order chi connectivity index (χ0) is 14.0. The molecule has 3 atom stereocenters. The predicted octanol–water partition coefficient (Wildman–Crippen LogP) is 3.21. The molecule has 0 amide bonds. The highest BCUT2D eigenvalue weighted by Crippen LogP contribution is 2.40. The van der Waals surface area contributed by atoms with Crippen molar-refractivity contribution in [1.29, 1.82) is 0 Å². The maximum Gasteiger partial charge on any atom is 0.0346 e. The van der Waals surface area contributed by atoms with Gasteiger partial charge in [0.25, 0.3) is 0 Å². The topological polar surface area (TPSA) is 29.3 Å². The summed E-state index contributed by atoms with van der Waals surface area (Å²) in [6.07, 6.45) is 8.13. The Morgan fingerprint density at radius 1 is 1.15 bits per heavy atom. The van der Waals surface area contributed by atoms with Gasteiger partial charge in [-0.15, -0.1) is 0 Å². The number of likely N-dealkylation sites (tertiary alicyclic amines) is 1. The van der Waals surface area contributed by atoms with Crippen LogP contribution in [0.15, 0.2) is 30.3 Å². The Kier molecular flexibility index (Phi) is 4.13. The minimum absolute atomic E-state index is 0.123. The lowest BCUT2D eigenvalue weighted by atomic mass is 9.83. The molecule has 3 unspecified atom stereocenters. The van der Waals surface area contributed by atoms with Crippen LogP contribution < -0.4 is 5.73 Å². The van der Waals surface area contributed by atoms with E-state index in [1.807, 2.05) is 0 Å². The molecular weight excluding hydrogens is 244 g/mol. The van der Waals surface area contributed by atoms with Crippen molar-refractivity contribution < 1.29 is 0 Å². The maximum atomic E-state index is 6.21. The van der Waals surface area contributed by atoms with Crippen LogP contribution in [0.2, 0.25) is 0 Å². The number of nitrogens with two attached hydrogens (primary N) is 1. The fourth-order valence-corrected chi connectivity index (χ4v) is 4.40. The van der Waals surface area contributed by atoms with Crippen molar-refractivity contribution in [3.8, 4) is 0 Å². The van der Waals surface area contributed by atoms with E-state index >= 15 is 0 Å². The Morgan fingerprint density at radius 3 is 2.65 bits per heavy atom. The van der Waals surface area contributed by atoms with Gasteiger partial charge in [-0.3, -0.25) is 4.90 Å². The van der Waals surface area contributed by atoms with Crippen molar-refractivity contribution in [1.82, 2.24) is 4.90 Å². The first-order valence-corrected chi connectivity index (χ1v) is 8.24. The van der Waals surface area contributed by atoms with Crippen LogP contribution >= 0.6 is 0 Å². The minimum Gasteiger partial charge on any atom is -0.329 e. The summed E-state index contributed by atoms with van der Waals surface area (Å²) in [6.45, 7) is 4.37. The molecular formula is C18H28N2. The lowest BCUT2D eigenvalue weighted by Gasteiger charge is -2.44. The van der Waals surface area contributed by atoms with Gasteiger partial charge in [0, 0.05) is 18.1 Å². The van der Waals surface area contributed by atoms with Crippen LogP contribution in [0.25, 0.3) is 0 Å². The Hall–Kier alpha value is -0.860. The van der Waals surface area contributed by atoms with E-state index < -0.39 is 0 Å². The Balaban J connectivity index is 1.78. The summed E-state index contributed by atoms with van der Waals surface area (Å²) < 4.78 is 0. The molecule has 1 heterocycles. The van der Waals surface area contributed by atoms with Crippen LogP contribution in [0.5, 0.6) is 0 Å². The van der Waals surface area contributed by atoms with Gasteiger partial charge in [0.05, 0.1) is 0 Å². The van der Waals surface area contributed by atoms with Gasteiger partial charge < -0.3 is 5.73 Å². The molecule has 2 nitrogen and oxygen atoms in total. The number of fused-ring (bicyclic) bond motifs is 1. The molecule has 20 heavy (non-hydrogen) atoms. The molecule has 1 aromatic carbocycles. The molecule has 1 aliphatic carbocycles. The molecule has 1 aromatic rings. The summed E-state index contributed by atoms with van der Waals surface area (Å²) in [5.41, 5.74) is 7.75. The second-order valence-electron chi connectivity index (χ2n) is 6.96. The van der Waals surface area contributed by atoms with E-state index in [0.29, 0.717) is 0 Å². The van der Waals surface area contributed by atoms with Gasteiger partial charge in [-0.05, 0) is 50.6 Å². The van der Waals surface area contributed by atoms with Gasteiger partial charge in [-0.1, -0.05) is 43.2 Å². The first-order valence-electron chi connectivity index (χ1n) is 8.24. The highest BCUT2D eigenvalue weighted by molar-refractivity contribution is 5.18. The third kappa shape index (κ3) is 2.64. The van der Waals surface area contributed by atoms with Crippen LogP contribution in [0, 0.1) is 5.92 Å². The molecule has 2 heteroatoms. The van der Waals surface area contributed by atoms with Crippen LogP contribution in [-0.4, -0.2) is 29.6 Å². The SMILES string of the molecule is CC(CN)(Cc1ccccc1)N1CCC2CCCCC21. The van der Waals surface area contributed by atoms with Crippen LogP contribution in [0.3, 0.4) is 0 Å². The van der Waals surface area contributed by atoms with Crippen molar-refractivity contribution in [2.45, 2.75) is 57.0 Å². The van der Waals surface area contributed by atoms with E-state index in [4.69, 9.17) is 5.73 Å². The summed E-state index contributed by atoms with van der Waals surface area (Å²) in [4.78, 5) is 2.75. The average Bonchev–Trinajstić information content (AvgIpc) is 2.93. The molecule has 2 aliphatic rings. The summed E-state index contributed by atoms with van der Waals surface area (Å²) in [5.74, 6) is 0.936. The number of rotatable bonds is 4. The predicted molar refractivity (Wildman–Crippen MR) is 84.7 cm³/mol. The molecule has 1 aliphatic heterocycles. The molecule has 2 fully saturated rings. The summed E-state index contributed by atoms with van der Waals surface area (Å²) in [7, 11) is 0. The van der Waals surface area contributed by atoms with Crippen LogP contribution in [0.4, 0.5) is 0 Å². The van der Waals surface area contributed by atoms with Gasteiger partial charge in [-0.2, -0.15) is 0 Å². The lowest BCUT2D eigenvalue weighted by molar-refractivity contribution is 0.0673. The molecule has 1 saturated heterocycles. The highest BCUT2D eigenvalue weighted by Gasteiger charge is 2.43. The number of hydrogen-bond acceptors (Lipinski definition) is 2. The lowest BCUT2D eigenvalue weighted by Crippen LogP contribution is -2.56. The normalized spacial score (nSPS) is 29.9. The van der Waals surface area contributed by atoms with Crippen molar-refractivity contribution in [3.05, 3.63) is 35.9 Å². The van der Waals surface area contributed by atoms with Crippen molar-refractivity contribution in [2.75, 3.05) is 13.1 Å². The maximum absolute atomic E-state index is 6.21. The van der Waals surface area contributed by atoms with Gasteiger partial charge in [0.1, 0.15) is 0 Å². The summed E-state index contributed by atoms with van der Waals surface area (Å²) in [5, 5.41) is 0. The fourth-order valence-electron chi connectivity index (χ4n) is 4.40. The van der Waals surface area contributed by atoms with Gasteiger partial charge in [-0.25, -0.2) is 0 Å². The van der Waals surface area contributed by atoms with E-state index in [2.05, 4.69) is 42.2 Å². The van der Waals surface area contributed by atoms with Gasteiger partial charge in [0.15, 0.2) is 0 Å². The summed E-state index contributed by atoms with van der Waals surface area (Å²) in [6, 6.07) is 11.6. The molecule has 1 saturated carbocycles. The van der Waals surface area contributed by atoms with Crippen molar-refractivity contribution in [2.24, 2.45) is 11.7 Å². The minimum atomic E-state index is 0.123. The van der Waals surface area contributed by atoms with Crippen molar-refractivity contribution in [3.63, 3.8) is 0 Å². The second kappa shape index (κ2) is 5.87. The molecule has 0 spiro atoms. The third-order valence-corrected chi connectivity index (χ3v) is 5.57. The van der Waals surface area contributed by atoms with E-state index in [9.17, 15) is 0 Å². The third-order valence-electron chi connectivity index (χ3n) is 5.57. The molecule has 0 radical (unpaired) electrons. The van der Waals surface area contributed by atoms with Crippen LogP contribution in [0.1, 0.15) is 44.6 Å². The summed E-state index contributed by atoms with van der Waals surface area (Å²) >= 11 is 0. The van der Waals surface area contributed by atoms with Gasteiger partial charge >= 0.3 is 0 Å². The van der Waals surface area contributed by atoms with Gasteiger partial charge in [0.2, 0.25) is 0 Å². The molecule has 0 aromatic heterocycles. The standard InChI is InChI=1S/C18H28N2/c1-18(14-19,13-15-7-3-2-4-8-15)20-12-11-16-9-5-6-10-17(16)20/h2-4,7-8,16-17H,5-6,9-14,19H2,1H3. The monoisotopic (exact) mass is 272 g/mol. The Morgan fingerprint density at radius 2 is 1.90 bits per heavy atom. The van der Waals surface area contributed by atoms with E-state index in [0.717, 1.165) is 24.9 Å². The molecule has 3 rings (SSSR count). The highest BCUT2D eigenvalue weighted by atomic mass is 15.3. The number of nitrogens with zero attached hydrogens (tertiary/aromatic N) is 1. The van der Waals surface area contributed by atoms with E-state index in [1.165, 1.54) is 44.2 Å². The zero-order valence-corrected chi connectivity index (χ0v) is 12.7. The smallest absolute Gasteiger partial charge is 0.0346 e. The molecule has 0 bridgehead atoms. The first kappa shape index (κ1) is 14.1. The van der Waals surface area contributed by atoms with E-state index in [-0.39, 0.29) is 5.54 Å². The quantitative estimate of drug-likeness (QED) is 0.912. The Bertz CT molecular complexity index is 430. The van der Waals surface area contributed by atoms with E-state index in [1.54, 1.807) is 0 Å². The fraction of sp³-hybridized carbons (Fsp3) is 0.667. The molecule has 2 N–H and O–H groups in total. The number of hydrogen-bond donors (Lipinski definition) is 1.